The van der Waals surface area contributed by atoms with E-state index in [0.717, 1.165) is 84.3 Å². The predicted molar refractivity (Wildman–Crippen MR) is 221 cm³/mol. The molecule has 0 amide bonds. The average Bonchev–Trinajstić information content (AvgIpc) is 3.66. The SMILES string of the molecule is C1=CC(c2ccccn2)CC=C1c1cc(-c2ccc(-c3ccccn3)cc2)cc2c1oc1cccc(-c3nc(-c4ccccc4)nc(-c4ccccc4)n3)c12. The van der Waals surface area contributed by atoms with E-state index < -0.39 is 0 Å². The van der Waals surface area contributed by atoms with Gasteiger partial charge in [-0.05, 0) is 65.6 Å². The van der Waals surface area contributed by atoms with E-state index in [1.807, 2.05) is 116 Å². The van der Waals surface area contributed by atoms with Crippen molar-refractivity contribution in [3.63, 3.8) is 0 Å². The molecule has 10 rings (SSSR count). The van der Waals surface area contributed by atoms with E-state index in [2.05, 4.69) is 76.7 Å². The van der Waals surface area contributed by atoms with Crippen molar-refractivity contribution in [2.75, 3.05) is 0 Å². The lowest BCUT2D eigenvalue weighted by molar-refractivity contribution is 0.667. The van der Waals surface area contributed by atoms with Gasteiger partial charge in [0.25, 0.3) is 0 Å². The van der Waals surface area contributed by atoms with Gasteiger partial charge in [0, 0.05) is 62.6 Å². The summed E-state index contributed by atoms with van der Waals surface area (Å²) in [5, 5.41) is 1.96. The van der Waals surface area contributed by atoms with Gasteiger partial charge in [-0.1, -0.05) is 127 Å². The molecule has 6 heteroatoms. The van der Waals surface area contributed by atoms with Gasteiger partial charge in [0.1, 0.15) is 11.2 Å². The molecule has 0 saturated heterocycles. The van der Waals surface area contributed by atoms with Crippen LogP contribution in [0.1, 0.15) is 23.6 Å². The highest BCUT2D eigenvalue weighted by atomic mass is 16.3. The van der Waals surface area contributed by atoms with Crippen LogP contribution in [0.3, 0.4) is 0 Å². The number of nitrogens with zero attached hydrogens (tertiary/aromatic N) is 5. The number of furan rings is 1. The molecule has 1 aliphatic carbocycles. The summed E-state index contributed by atoms with van der Waals surface area (Å²) in [4.78, 5) is 24.4. The van der Waals surface area contributed by atoms with Crippen LogP contribution in [0.4, 0.5) is 0 Å². The molecule has 0 aliphatic heterocycles. The van der Waals surface area contributed by atoms with Gasteiger partial charge in [-0.25, -0.2) is 15.0 Å². The molecule has 260 valence electrons. The van der Waals surface area contributed by atoms with E-state index in [1.165, 1.54) is 0 Å². The van der Waals surface area contributed by atoms with E-state index in [-0.39, 0.29) is 5.92 Å². The van der Waals surface area contributed by atoms with Gasteiger partial charge in [-0.3, -0.25) is 9.97 Å². The Kier molecular flexibility index (Phi) is 8.18. The van der Waals surface area contributed by atoms with Gasteiger partial charge in [-0.2, -0.15) is 0 Å². The van der Waals surface area contributed by atoms with Crippen molar-refractivity contribution in [1.29, 1.82) is 0 Å². The normalized spacial score (nSPS) is 14.0. The fourth-order valence-electron chi connectivity index (χ4n) is 7.43. The van der Waals surface area contributed by atoms with Gasteiger partial charge in [0.2, 0.25) is 0 Å². The molecule has 0 spiro atoms. The summed E-state index contributed by atoms with van der Waals surface area (Å²) in [7, 11) is 0. The minimum Gasteiger partial charge on any atom is -0.455 e. The van der Waals surface area contributed by atoms with Crippen molar-refractivity contribution in [2.45, 2.75) is 12.3 Å². The molecule has 4 heterocycles. The Morgan fingerprint density at radius 2 is 1.18 bits per heavy atom. The zero-order chi connectivity index (χ0) is 36.6. The van der Waals surface area contributed by atoms with Crippen LogP contribution in [-0.2, 0) is 0 Å². The fraction of sp³-hybridized carbons (Fsp3) is 0.0408. The Balaban J connectivity index is 1.17. The summed E-state index contributed by atoms with van der Waals surface area (Å²) in [5.41, 5.74) is 11.7. The van der Waals surface area contributed by atoms with Crippen molar-refractivity contribution in [2.24, 2.45) is 0 Å². The molecule has 0 radical (unpaired) electrons. The first-order chi connectivity index (χ1) is 27.2. The number of aromatic nitrogens is 5. The first-order valence-corrected chi connectivity index (χ1v) is 18.4. The molecular weight excluding hydrogens is 675 g/mol. The van der Waals surface area contributed by atoms with Crippen LogP contribution in [-0.4, -0.2) is 24.9 Å². The first kappa shape index (κ1) is 32.3. The highest BCUT2D eigenvalue weighted by molar-refractivity contribution is 6.15. The maximum atomic E-state index is 6.84. The van der Waals surface area contributed by atoms with Crippen LogP contribution < -0.4 is 0 Å². The van der Waals surface area contributed by atoms with E-state index in [1.54, 1.807) is 0 Å². The van der Waals surface area contributed by atoms with Crippen LogP contribution in [0.25, 0.3) is 84.1 Å². The lowest BCUT2D eigenvalue weighted by atomic mass is 9.88. The minimum absolute atomic E-state index is 0.214. The lowest BCUT2D eigenvalue weighted by Crippen LogP contribution is -2.01. The number of hydrogen-bond acceptors (Lipinski definition) is 6. The fourth-order valence-corrected chi connectivity index (χ4v) is 7.43. The second-order valence-electron chi connectivity index (χ2n) is 13.6. The zero-order valence-electron chi connectivity index (χ0n) is 29.7. The number of pyridine rings is 2. The molecule has 5 aromatic carbocycles. The molecule has 0 fully saturated rings. The van der Waals surface area contributed by atoms with Crippen molar-refractivity contribution in [1.82, 2.24) is 24.9 Å². The summed E-state index contributed by atoms with van der Waals surface area (Å²) >= 11 is 0. The van der Waals surface area contributed by atoms with E-state index >= 15 is 0 Å². The Hall–Kier alpha value is -7.31. The van der Waals surface area contributed by atoms with E-state index in [4.69, 9.17) is 19.4 Å². The largest absolute Gasteiger partial charge is 0.455 e. The summed E-state index contributed by atoms with van der Waals surface area (Å²) < 4.78 is 6.84. The summed E-state index contributed by atoms with van der Waals surface area (Å²) in [6, 6.07) is 51.5. The lowest BCUT2D eigenvalue weighted by Gasteiger charge is -2.17. The predicted octanol–water partition coefficient (Wildman–Crippen LogP) is 12.0. The van der Waals surface area contributed by atoms with Gasteiger partial charge in [-0.15, -0.1) is 0 Å². The Morgan fingerprint density at radius 1 is 0.509 bits per heavy atom. The number of fused-ring (bicyclic) bond motifs is 3. The summed E-state index contributed by atoms with van der Waals surface area (Å²) in [6.07, 6.45) is 11.3. The number of allylic oxidation sites excluding steroid dienone is 4. The summed E-state index contributed by atoms with van der Waals surface area (Å²) in [6.45, 7) is 0. The van der Waals surface area contributed by atoms with Gasteiger partial charge in [0.15, 0.2) is 17.5 Å². The highest BCUT2D eigenvalue weighted by Gasteiger charge is 2.22. The Morgan fingerprint density at radius 3 is 1.84 bits per heavy atom. The Bertz CT molecular complexity index is 2810. The second kappa shape index (κ2) is 13.9. The molecule has 55 heavy (non-hydrogen) atoms. The molecule has 0 saturated carbocycles. The highest BCUT2D eigenvalue weighted by Crippen LogP contribution is 2.43. The molecule has 1 atom stereocenters. The third kappa shape index (κ3) is 6.19. The van der Waals surface area contributed by atoms with Crippen LogP contribution in [0.2, 0.25) is 0 Å². The molecule has 0 bridgehead atoms. The van der Waals surface area contributed by atoms with Gasteiger partial charge >= 0.3 is 0 Å². The van der Waals surface area contributed by atoms with Gasteiger partial charge in [0.05, 0.1) is 5.69 Å². The minimum atomic E-state index is 0.214. The molecule has 4 aromatic heterocycles. The van der Waals surface area contributed by atoms with Crippen LogP contribution in [0.15, 0.2) is 187 Å². The van der Waals surface area contributed by atoms with E-state index in [9.17, 15) is 0 Å². The maximum Gasteiger partial charge on any atom is 0.164 e. The van der Waals surface area contributed by atoms with Crippen LogP contribution in [0, 0.1) is 0 Å². The molecule has 0 N–H and O–H groups in total. The topological polar surface area (TPSA) is 77.6 Å². The molecule has 1 aliphatic rings. The number of hydrogen-bond donors (Lipinski definition) is 0. The standard InChI is InChI=1S/C49H33N5O/c1-3-12-36(13-4-1)47-52-48(37-14-5-2-6-15-37)54-49(53-47)39-16-11-19-44-45(39)41-31-38(32-20-24-34(25-21-32)42-17-7-9-28-50-42)30-40(46(41)55-44)33-22-26-35(27-23-33)43-18-8-10-29-51-43/h1-26,28-31,35H,27H2. The number of benzene rings is 5. The van der Waals surface area contributed by atoms with Gasteiger partial charge < -0.3 is 4.42 Å². The van der Waals surface area contributed by atoms with Crippen molar-refractivity contribution in [3.05, 3.63) is 194 Å². The zero-order valence-corrected chi connectivity index (χ0v) is 29.7. The quantitative estimate of drug-likeness (QED) is 0.164. The van der Waals surface area contributed by atoms with Crippen LogP contribution in [0.5, 0.6) is 0 Å². The molecule has 9 aromatic rings. The monoisotopic (exact) mass is 707 g/mol. The Labute approximate surface area is 318 Å². The molecular formula is C49H33N5O. The molecule has 1 unspecified atom stereocenters. The summed E-state index contributed by atoms with van der Waals surface area (Å²) in [5.74, 6) is 2.03. The van der Waals surface area contributed by atoms with Crippen LogP contribution >= 0.6 is 0 Å². The molecule has 6 nitrogen and oxygen atoms in total. The number of rotatable bonds is 7. The van der Waals surface area contributed by atoms with Crippen molar-refractivity contribution >= 4 is 27.5 Å². The first-order valence-electron chi connectivity index (χ1n) is 18.4. The third-order valence-corrected chi connectivity index (χ3v) is 10.2. The smallest absolute Gasteiger partial charge is 0.164 e. The third-order valence-electron chi connectivity index (χ3n) is 10.2. The average molecular weight is 708 g/mol. The van der Waals surface area contributed by atoms with Crippen molar-refractivity contribution in [3.8, 4) is 56.5 Å². The maximum absolute atomic E-state index is 6.84. The second-order valence-corrected chi connectivity index (χ2v) is 13.6. The van der Waals surface area contributed by atoms with Crippen molar-refractivity contribution < 1.29 is 4.42 Å². The van der Waals surface area contributed by atoms with E-state index in [0.29, 0.717) is 17.5 Å².